The van der Waals surface area contributed by atoms with Crippen LogP contribution in [0.2, 0.25) is 5.02 Å². The standard InChI is InChI=1S/C14H17BrClNO/c15-13-11(16)3-1-4-12(13)17-10-5-8-18-14(9-10)6-2-7-14/h1,3-4,10,17H,2,5-9H2. The van der Waals surface area contributed by atoms with Crippen LogP contribution in [0.15, 0.2) is 22.7 Å². The highest BCUT2D eigenvalue weighted by molar-refractivity contribution is 9.10. The molecule has 1 aliphatic heterocycles. The van der Waals surface area contributed by atoms with Gasteiger partial charge in [0.2, 0.25) is 0 Å². The first-order valence-electron chi connectivity index (χ1n) is 6.53. The third-order valence-electron chi connectivity index (χ3n) is 4.07. The van der Waals surface area contributed by atoms with Crippen molar-refractivity contribution in [2.24, 2.45) is 0 Å². The van der Waals surface area contributed by atoms with E-state index in [2.05, 4.69) is 27.3 Å². The molecule has 1 heterocycles. The molecule has 3 rings (SSSR count). The van der Waals surface area contributed by atoms with Gasteiger partial charge in [-0.1, -0.05) is 17.7 Å². The van der Waals surface area contributed by atoms with E-state index in [9.17, 15) is 0 Å². The molecule has 4 heteroatoms. The molecule has 1 aliphatic carbocycles. The zero-order chi connectivity index (χ0) is 12.6. The maximum atomic E-state index is 6.11. The van der Waals surface area contributed by atoms with Gasteiger partial charge in [0.25, 0.3) is 0 Å². The van der Waals surface area contributed by atoms with E-state index < -0.39 is 0 Å². The summed E-state index contributed by atoms with van der Waals surface area (Å²) >= 11 is 9.66. The van der Waals surface area contributed by atoms with E-state index in [1.165, 1.54) is 19.3 Å². The van der Waals surface area contributed by atoms with Crippen LogP contribution in [0.25, 0.3) is 0 Å². The monoisotopic (exact) mass is 329 g/mol. The molecule has 1 unspecified atom stereocenters. The number of rotatable bonds is 2. The third kappa shape index (κ3) is 2.40. The fourth-order valence-electron chi connectivity index (χ4n) is 2.91. The van der Waals surface area contributed by atoms with Crippen molar-refractivity contribution in [1.29, 1.82) is 0 Å². The number of hydrogen-bond acceptors (Lipinski definition) is 2. The van der Waals surface area contributed by atoms with Gasteiger partial charge < -0.3 is 10.1 Å². The predicted octanol–water partition coefficient (Wildman–Crippen LogP) is 4.62. The molecule has 1 saturated carbocycles. The van der Waals surface area contributed by atoms with Gasteiger partial charge in [0, 0.05) is 12.6 Å². The van der Waals surface area contributed by atoms with Gasteiger partial charge in [-0.15, -0.1) is 0 Å². The Kier molecular flexibility index (Phi) is 3.57. The fourth-order valence-corrected chi connectivity index (χ4v) is 3.46. The molecule has 0 radical (unpaired) electrons. The molecule has 1 aromatic carbocycles. The number of anilines is 1. The SMILES string of the molecule is Clc1cccc(NC2CCOC3(CCC3)C2)c1Br. The number of hydrogen-bond donors (Lipinski definition) is 1. The zero-order valence-electron chi connectivity index (χ0n) is 10.2. The highest BCUT2D eigenvalue weighted by atomic mass is 79.9. The molecule has 1 saturated heterocycles. The van der Waals surface area contributed by atoms with Crippen molar-refractivity contribution in [1.82, 2.24) is 0 Å². The van der Waals surface area contributed by atoms with Crippen LogP contribution < -0.4 is 5.32 Å². The van der Waals surface area contributed by atoms with Crippen LogP contribution in [0, 0.1) is 0 Å². The second kappa shape index (κ2) is 5.03. The van der Waals surface area contributed by atoms with Gasteiger partial charge >= 0.3 is 0 Å². The van der Waals surface area contributed by atoms with Crippen LogP contribution in [0.1, 0.15) is 32.1 Å². The number of benzene rings is 1. The number of nitrogens with one attached hydrogen (secondary N) is 1. The normalized spacial score (nSPS) is 25.8. The predicted molar refractivity (Wildman–Crippen MR) is 78.3 cm³/mol. The average molecular weight is 331 g/mol. The molecule has 1 spiro atoms. The first-order chi connectivity index (χ1) is 8.69. The molecule has 2 aliphatic rings. The molecule has 0 bridgehead atoms. The van der Waals surface area contributed by atoms with Crippen molar-refractivity contribution < 1.29 is 4.74 Å². The Morgan fingerprint density at radius 1 is 1.39 bits per heavy atom. The lowest BCUT2D eigenvalue weighted by Crippen LogP contribution is -2.49. The van der Waals surface area contributed by atoms with Gasteiger partial charge in [-0.05, 0) is 60.2 Å². The Morgan fingerprint density at radius 3 is 2.94 bits per heavy atom. The summed E-state index contributed by atoms with van der Waals surface area (Å²) in [6.07, 6.45) is 5.95. The van der Waals surface area contributed by atoms with Crippen LogP contribution in [-0.2, 0) is 4.74 Å². The van der Waals surface area contributed by atoms with Crippen molar-refractivity contribution in [3.05, 3.63) is 27.7 Å². The van der Waals surface area contributed by atoms with E-state index in [-0.39, 0.29) is 5.60 Å². The summed E-state index contributed by atoms with van der Waals surface area (Å²) in [6.45, 7) is 0.871. The maximum Gasteiger partial charge on any atom is 0.0702 e. The van der Waals surface area contributed by atoms with Crippen molar-refractivity contribution >= 4 is 33.2 Å². The van der Waals surface area contributed by atoms with Crippen LogP contribution >= 0.6 is 27.5 Å². The lowest BCUT2D eigenvalue weighted by molar-refractivity contribution is -0.130. The molecular weight excluding hydrogens is 314 g/mol. The van der Waals surface area contributed by atoms with Crippen LogP contribution in [0.5, 0.6) is 0 Å². The van der Waals surface area contributed by atoms with E-state index in [0.29, 0.717) is 6.04 Å². The van der Waals surface area contributed by atoms with E-state index >= 15 is 0 Å². The molecule has 2 nitrogen and oxygen atoms in total. The fraction of sp³-hybridized carbons (Fsp3) is 0.571. The largest absolute Gasteiger partial charge is 0.381 e. The summed E-state index contributed by atoms with van der Waals surface area (Å²) in [5.74, 6) is 0. The molecule has 0 amide bonds. The van der Waals surface area contributed by atoms with Gasteiger partial charge in [-0.3, -0.25) is 0 Å². The van der Waals surface area contributed by atoms with Crippen molar-refractivity contribution in [2.75, 3.05) is 11.9 Å². The molecule has 1 atom stereocenters. The van der Waals surface area contributed by atoms with Gasteiger partial charge in [0.1, 0.15) is 0 Å². The molecule has 1 N–H and O–H groups in total. The van der Waals surface area contributed by atoms with Crippen molar-refractivity contribution in [2.45, 2.75) is 43.7 Å². The molecule has 1 aromatic rings. The first kappa shape index (κ1) is 12.8. The Bertz CT molecular complexity index is 447. The lowest BCUT2D eigenvalue weighted by Gasteiger charge is -2.47. The van der Waals surface area contributed by atoms with Crippen molar-refractivity contribution in [3.8, 4) is 0 Å². The third-order valence-corrected chi connectivity index (χ3v) is 5.47. The van der Waals surface area contributed by atoms with E-state index in [1.54, 1.807) is 0 Å². The summed E-state index contributed by atoms with van der Waals surface area (Å²) in [5.41, 5.74) is 1.27. The molecule has 2 fully saturated rings. The summed E-state index contributed by atoms with van der Waals surface area (Å²) in [7, 11) is 0. The van der Waals surface area contributed by atoms with Crippen LogP contribution in [0.4, 0.5) is 5.69 Å². The summed E-state index contributed by atoms with van der Waals surface area (Å²) in [6, 6.07) is 6.44. The van der Waals surface area contributed by atoms with E-state index in [1.807, 2.05) is 12.1 Å². The number of ether oxygens (including phenoxy) is 1. The summed E-state index contributed by atoms with van der Waals surface area (Å²) < 4.78 is 6.90. The average Bonchev–Trinajstić information content (AvgIpc) is 2.34. The molecule has 18 heavy (non-hydrogen) atoms. The Labute approximate surface area is 121 Å². The molecule has 98 valence electrons. The van der Waals surface area contributed by atoms with Crippen LogP contribution in [-0.4, -0.2) is 18.2 Å². The van der Waals surface area contributed by atoms with Crippen LogP contribution in [0.3, 0.4) is 0 Å². The van der Waals surface area contributed by atoms with Gasteiger partial charge in [0.05, 0.1) is 20.8 Å². The number of halogens is 2. The second-order valence-corrected chi connectivity index (χ2v) is 6.52. The smallest absolute Gasteiger partial charge is 0.0702 e. The molecule has 0 aromatic heterocycles. The minimum atomic E-state index is 0.182. The summed E-state index contributed by atoms with van der Waals surface area (Å²) in [4.78, 5) is 0. The quantitative estimate of drug-likeness (QED) is 0.854. The van der Waals surface area contributed by atoms with E-state index in [4.69, 9.17) is 16.3 Å². The minimum absolute atomic E-state index is 0.182. The molecular formula is C14H17BrClNO. The summed E-state index contributed by atoms with van der Waals surface area (Å²) in [5, 5.41) is 4.36. The second-order valence-electron chi connectivity index (χ2n) is 5.32. The Balaban J connectivity index is 1.70. The zero-order valence-corrected chi connectivity index (χ0v) is 12.6. The van der Waals surface area contributed by atoms with Gasteiger partial charge in [-0.25, -0.2) is 0 Å². The lowest BCUT2D eigenvalue weighted by atomic mass is 9.74. The van der Waals surface area contributed by atoms with E-state index in [0.717, 1.165) is 34.6 Å². The highest BCUT2D eigenvalue weighted by Gasteiger charge is 2.42. The topological polar surface area (TPSA) is 21.3 Å². The van der Waals surface area contributed by atoms with Gasteiger partial charge in [-0.2, -0.15) is 0 Å². The van der Waals surface area contributed by atoms with Gasteiger partial charge in [0.15, 0.2) is 0 Å². The first-order valence-corrected chi connectivity index (χ1v) is 7.70. The maximum absolute atomic E-state index is 6.11. The Hall–Kier alpha value is -0.250. The van der Waals surface area contributed by atoms with Crippen molar-refractivity contribution in [3.63, 3.8) is 0 Å². The highest BCUT2D eigenvalue weighted by Crippen LogP contribution is 2.43. The Morgan fingerprint density at radius 2 is 2.22 bits per heavy atom. The minimum Gasteiger partial charge on any atom is -0.381 e.